The number of hydrogen-bond donors (Lipinski definition) is 0. The second kappa shape index (κ2) is 1.22. The van der Waals surface area contributed by atoms with E-state index in [0.717, 1.165) is 0 Å². The average molecular weight is 85.2 g/mol. The summed E-state index contributed by atoms with van der Waals surface area (Å²) >= 11 is 1.71. The van der Waals surface area contributed by atoms with Gasteiger partial charge in [0.05, 0.1) is 0 Å². The molecule has 0 amide bonds. The van der Waals surface area contributed by atoms with Crippen LogP contribution >= 0.6 is 11.3 Å². The van der Waals surface area contributed by atoms with Crippen LogP contribution in [0.3, 0.4) is 0 Å². The molecular weight excluding hydrogens is 80.1 g/mol. The van der Waals surface area contributed by atoms with Crippen molar-refractivity contribution in [3.63, 3.8) is 0 Å². The lowest BCUT2D eigenvalue weighted by Crippen LogP contribution is -1.16. The minimum Gasteiger partial charge on any atom is -0.152 e. The van der Waals surface area contributed by atoms with Gasteiger partial charge in [-0.2, -0.15) is 11.3 Å². The van der Waals surface area contributed by atoms with Crippen molar-refractivity contribution in [2.24, 2.45) is 0 Å². The van der Waals surface area contributed by atoms with Crippen molar-refractivity contribution < 1.29 is 1.43 Å². The van der Waals surface area contributed by atoms with Crippen molar-refractivity contribution in [2.45, 2.75) is 0 Å². The summed E-state index contributed by atoms with van der Waals surface area (Å²) in [5, 5.41) is 4.08. The van der Waals surface area contributed by atoms with E-state index in [4.69, 9.17) is 0 Å². The second-order valence-corrected chi connectivity index (χ2v) is 1.61. The first-order chi connectivity index (χ1) is 2.50. The predicted octanol–water partition coefficient (Wildman–Crippen LogP) is 1.86. The molecule has 1 aromatic rings. The summed E-state index contributed by atoms with van der Waals surface area (Å²) in [5.74, 6) is 0. The van der Waals surface area contributed by atoms with E-state index in [2.05, 4.69) is 0 Å². The monoisotopic (exact) mass is 85.0 g/mol. The van der Waals surface area contributed by atoms with Gasteiger partial charge in [-0.3, -0.25) is 0 Å². The van der Waals surface area contributed by atoms with E-state index in [1.807, 2.05) is 22.9 Å². The molecule has 1 rings (SSSR count). The molecule has 1 aromatic heterocycles. The van der Waals surface area contributed by atoms with E-state index in [0.29, 0.717) is 0 Å². The van der Waals surface area contributed by atoms with Gasteiger partial charge >= 0.3 is 0 Å². The van der Waals surface area contributed by atoms with Crippen LogP contribution in [0.5, 0.6) is 0 Å². The Labute approximate surface area is 36.6 Å². The zero-order valence-corrected chi connectivity index (χ0v) is 3.53. The first kappa shape index (κ1) is 2.91. The van der Waals surface area contributed by atoms with Crippen LogP contribution in [0, 0.1) is 0 Å². The van der Waals surface area contributed by atoms with Gasteiger partial charge in [0.25, 0.3) is 0 Å². The van der Waals surface area contributed by atoms with Crippen molar-refractivity contribution in [2.75, 3.05) is 0 Å². The van der Waals surface area contributed by atoms with Gasteiger partial charge in [0.1, 0.15) is 0 Å². The molecule has 0 fully saturated rings. The minimum atomic E-state index is 0. The molecular formula is C4H5S. The molecule has 0 N–H and O–H groups in total. The second-order valence-electron chi connectivity index (χ2n) is 0.793. The van der Waals surface area contributed by atoms with Gasteiger partial charge in [-0.1, -0.05) is 12.1 Å². The Morgan fingerprint density at radius 2 is 1.80 bits per heavy atom. The number of thiophene rings is 1. The molecule has 0 atom stereocenters. The van der Waals surface area contributed by atoms with Crippen LogP contribution in [-0.2, 0) is 0 Å². The minimum absolute atomic E-state index is 0. The summed E-state index contributed by atoms with van der Waals surface area (Å²) in [6, 6.07) is 4.04. The van der Waals surface area contributed by atoms with Crippen LogP contribution in [-0.4, -0.2) is 0 Å². The smallest absolute Gasteiger partial charge is 0 e. The van der Waals surface area contributed by atoms with Gasteiger partial charge in [-0.05, 0) is 10.8 Å². The first-order valence-electron chi connectivity index (χ1n) is 1.47. The Morgan fingerprint density at radius 1 is 1.20 bits per heavy atom. The highest BCUT2D eigenvalue weighted by Gasteiger charge is 1.58. The summed E-state index contributed by atoms with van der Waals surface area (Å²) in [5.41, 5.74) is 0. The Bertz CT molecular complexity index is 64.0. The van der Waals surface area contributed by atoms with E-state index in [1.54, 1.807) is 11.3 Å². The molecule has 0 aliphatic rings. The molecule has 0 spiro atoms. The van der Waals surface area contributed by atoms with E-state index in [9.17, 15) is 0 Å². The fourth-order valence-corrected chi connectivity index (χ4v) is 0.680. The van der Waals surface area contributed by atoms with Gasteiger partial charge in [-0.15, -0.1) is 0 Å². The third kappa shape index (κ3) is 0.484. The van der Waals surface area contributed by atoms with Gasteiger partial charge in [0.15, 0.2) is 0 Å². The van der Waals surface area contributed by atoms with Crippen LogP contribution in [0.2, 0.25) is 0 Å². The van der Waals surface area contributed by atoms with Gasteiger partial charge < -0.3 is 0 Å². The summed E-state index contributed by atoms with van der Waals surface area (Å²) in [7, 11) is 0. The van der Waals surface area contributed by atoms with E-state index < -0.39 is 0 Å². The van der Waals surface area contributed by atoms with Crippen LogP contribution in [0.15, 0.2) is 22.9 Å². The topological polar surface area (TPSA) is 0 Å². The van der Waals surface area contributed by atoms with Crippen molar-refractivity contribution >= 4 is 11.3 Å². The van der Waals surface area contributed by atoms with Crippen LogP contribution in [0.25, 0.3) is 0 Å². The molecule has 0 unspecified atom stereocenters. The zero-order chi connectivity index (χ0) is 3.54. The molecule has 1 heteroatoms. The summed E-state index contributed by atoms with van der Waals surface area (Å²) in [6.45, 7) is 0. The average Bonchev–Trinajstić information content (AvgIpc) is 1.76. The Kier molecular flexibility index (Phi) is 0.711. The van der Waals surface area contributed by atoms with Crippen LogP contribution < -0.4 is 0 Å². The molecule has 0 aliphatic carbocycles. The predicted molar refractivity (Wildman–Crippen MR) is 25.4 cm³/mol. The molecule has 1 radical (unpaired) electrons. The van der Waals surface area contributed by atoms with Gasteiger partial charge in [0, 0.05) is 1.43 Å². The maximum Gasteiger partial charge on any atom is 0 e. The normalized spacial score (nSPS) is 8.00. The zero-order valence-electron chi connectivity index (χ0n) is 3.72. The third-order valence-electron chi connectivity index (χ3n) is 0.425. The number of rotatable bonds is 0. The van der Waals surface area contributed by atoms with Gasteiger partial charge in [-0.25, -0.2) is 0 Å². The molecule has 0 saturated heterocycles. The van der Waals surface area contributed by atoms with Crippen molar-refractivity contribution in [1.82, 2.24) is 0 Å². The molecule has 1 heterocycles. The van der Waals surface area contributed by atoms with E-state index in [-0.39, 0.29) is 1.43 Å². The van der Waals surface area contributed by atoms with E-state index in [1.165, 1.54) is 0 Å². The lowest BCUT2D eigenvalue weighted by Gasteiger charge is -1.39. The number of hydrogen-bond acceptors (Lipinski definition) is 1. The van der Waals surface area contributed by atoms with Crippen molar-refractivity contribution in [1.29, 1.82) is 0 Å². The molecule has 0 saturated carbocycles. The fraction of sp³-hybridized carbons (Fsp3) is 0. The fourth-order valence-electron chi connectivity index (χ4n) is 0.227. The van der Waals surface area contributed by atoms with Crippen LogP contribution in [0.4, 0.5) is 0 Å². The standard InChI is InChI=1S/C4H4S.H/c1-2-4-5-3-1;/h1-4H;. The molecule has 5 heavy (non-hydrogen) atoms. The Morgan fingerprint density at radius 3 is 2.00 bits per heavy atom. The van der Waals surface area contributed by atoms with Crippen LogP contribution in [0.1, 0.15) is 1.43 Å². The highest BCUT2D eigenvalue weighted by Crippen LogP contribution is 1.91. The maximum absolute atomic E-state index is 2.04. The SMILES string of the molecule is [H].c1ccsc1. The van der Waals surface area contributed by atoms with Crippen molar-refractivity contribution in [3.8, 4) is 0 Å². The summed E-state index contributed by atoms with van der Waals surface area (Å²) in [6.07, 6.45) is 0. The quantitative estimate of drug-likeness (QED) is 0.451. The molecule has 0 aliphatic heterocycles. The van der Waals surface area contributed by atoms with Crippen molar-refractivity contribution in [3.05, 3.63) is 22.9 Å². The van der Waals surface area contributed by atoms with Gasteiger partial charge in [0.2, 0.25) is 0 Å². The third-order valence-corrected chi connectivity index (χ3v) is 1.05. The first-order valence-corrected chi connectivity index (χ1v) is 2.41. The molecule has 0 nitrogen and oxygen atoms in total. The lowest BCUT2D eigenvalue weighted by atomic mass is 10.7. The van der Waals surface area contributed by atoms with E-state index >= 15 is 0 Å². The highest BCUT2D eigenvalue weighted by molar-refractivity contribution is 7.07. The molecule has 0 bridgehead atoms. The largest absolute Gasteiger partial charge is 0.152 e. The summed E-state index contributed by atoms with van der Waals surface area (Å²) in [4.78, 5) is 0. The molecule has 0 aromatic carbocycles. The summed E-state index contributed by atoms with van der Waals surface area (Å²) < 4.78 is 0. The molecule has 27 valence electrons. The maximum atomic E-state index is 2.04. The highest BCUT2D eigenvalue weighted by atomic mass is 32.1. The Hall–Kier alpha value is -0.300. The Balaban J connectivity index is 0.000000250. The lowest BCUT2D eigenvalue weighted by molar-refractivity contribution is 2.03.